The lowest BCUT2D eigenvalue weighted by atomic mass is 9.76. The van der Waals surface area contributed by atoms with E-state index in [1.165, 1.54) is 18.2 Å². The summed E-state index contributed by atoms with van der Waals surface area (Å²) in [5.41, 5.74) is 5.14. The number of halogens is 1. The van der Waals surface area contributed by atoms with Gasteiger partial charge in [0.2, 0.25) is 10.0 Å². The van der Waals surface area contributed by atoms with Crippen LogP contribution in [-0.2, 0) is 16.6 Å². The van der Waals surface area contributed by atoms with E-state index in [2.05, 4.69) is 4.72 Å². The third-order valence-electron chi connectivity index (χ3n) is 3.91. The molecule has 2 rings (SSSR count). The van der Waals surface area contributed by atoms with E-state index in [9.17, 15) is 12.8 Å². The average Bonchev–Trinajstić information content (AvgIpc) is 2.33. The van der Waals surface area contributed by atoms with Crippen LogP contribution in [0.1, 0.15) is 38.2 Å². The molecule has 1 aliphatic carbocycles. The highest BCUT2D eigenvalue weighted by Gasteiger charge is 2.39. The van der Waals surface area contributed by atoms with E-state index in [0.29, 0.717) is 0 Å². The normalized spacial score (nSPS) is 18.1. The summed E-state index contributed by atoms with van der Waals surface area (Å²) >= 11 is 0. The van der Waals surface area contributed by atoms with E-state index in [1.807, 2.05) is 6.92 Å². The smallest absolute Gasteiger partial charge is 0.241 e. The number of benzene rings is 1. The van der Waals surface area contributed by atoms with E-state index >= 15 is 0 Å². The van der Waals surface area contributed by atoms with E-state index in [4.69, 9.17) is 5.73 Å². The van der Waals surface area contributed by atoms with E-state index in [1.54, 1.807) is 0 Å². The molecular weight excluding hydrogens is 267 g/mol. The lowest BCUT2D eigenvalue weighted by molar-refractivity contribution is 0.214. The summed E-state index contributed by atoms with van der Waals surface area (Å²) < 4.78 is 41.1. The molecule has 19 heavy (non-hydrogen) atoms. The second-order valence-corrected chi connectivity index (χ2v) is 6.66. The maximum atomic E-state index is 13.6. The minimum Gasteiger partial charge on any atom is -0.326 e. The Morgan fingerprint density at radius 3 is 2.58 bits per heavy atom. The molecule has 6 heteroatoms. The van der Waals surface area contributed by atoms with Gasteiger partial charge in [0.05, 0.1) is 4.90 Å². The van der Waals surface area contributed by atoms with Crippen molar-refractivity contribution in [2.75, 3.05) is 0 Å². The first-order chi connectivity index (χ1) is 8.94. The van der Waals surface area contributed by atoms with Crippen molar-refractivity contribution >= 4 is 10.0 Å². The van der Waals surface area contributed by atoms with Crippen molar-refractivity contribution in [3.05, 3.63) is 29.6 Å². The predicted octanol–water partition coefficient (Wildman–Crippen LogP) is 1.90. The minimum atomic E-state index is -3.73. The van der Waals surface area contributed by atoms with Gasteiger partial charge in [0.15, 0.2) is 0 Å². The van der Waals surface area contributed by atoms with Crippen LogP contribution >= 0.6 is 0 Å². The molecule has 0 radical (unpaired) electrons. The Kier molecular flexibility index (Phi) is 3.94. The highest BCUT2D eigenvalue weighted by atomic mass is 32.2. The van der Waals surface area contributed by atoms with Gasteiger partial charge in [-0.1, -0.05) is 13.0 Å². The second kappa shape index (κ2) is 5.19. The fourth-order valence-electron chi connectivity index (χ4n) is 2.46. The maximum Gasteiger partial charge on any atom is 0.241 e. The Balaban J connectivity index is 2.37. The number of nitrogens with two attached hydrogens (primary N) is 1. The minimum absolute atomic E-state index is 0.0422. The highest BCUT2D eigenvalue weighted by molar-refractivity contribution is 7.89. The average molecular weight is 286 g/mol. The van der Waals surface area contributed by atoms with Gasteiger partial charge in [0, 0.05) is 17.6 Å². The van der Waals surface area contributed by atoms with Crippen LogP contribution in [0.4, 0.5) is 4.39 Å². The van der Waals surface area contributed by atoms with Crippen LogP contribution in [0, 0.1) is 5.82 Å². The first-order valence-corrected chi connectivity index (χ1v) is 7.94. The molecule has 0 heterocycles. The van der Waals surface area contributed by atoms with Crippen LogP contribution in [0.2, 0.25) is 0 Å². The van der Waals surface area contributed by atoms with Crippen molar-refractivity contribution in [2.24, 2.45) is 5.73 Å². The molecule has 0 aromatic heterocycles. The number of hydrogen-bond donors (Lipinski definition) is 2. The van der Waals surface area contributed by atoms with Gasteiger partial charge in [0.1, 0.15) is 5.82 Å². The third kappa shape index (κ3) is 2.66. The second-order valence-electron chi connectivity index (χ2n) is 5.01. The zero-order chi connectivity index (χ0) is 14.1. The molecule has 0 atom stereocenters. The lowest BCUT2D eigenvalue weighted by Crippen LogP contribution is -2.52. The molecular formula is C13H19FN2O2S. The first-order valence-electron chi connectivity index (χ1n) is 6.45. The zero-order valence-corrected chi connectivity index (χ0v) is 11.8. The fraction of sp³-hybridized carbons (Fsp3) is 0.538. The van der Waals surface area contributed by atoms with Crippen LogP contribution < -0.4 is 10.5 Å². The van der Waals surface area contributed by atoms with Crippen molar-refractivity contribution in [3.63, 3.8) is 0 Å². The summed E-state index contributed by atoms with van der Waals surface area (Å²) in [6.45, 7) is 1.82. The molecule has 0 bridgehead atoms. The Bertz CT molecular complexity index is 562. The summed E-state index contributed by atoms with van der Waals surface area (Å²) in [5.74, 6) is -0.579. The fourth-order valence-corrected chi connectivity index (χ4v) is 4.25. The summed E-state index contributed by atoms with van der Waals surface area (Å²) in [5, 5.41) is 0. The molecule has 1 aromatic rings. The summed E-state index contributed by atoms with van der Waals surface area (Å²) in [7, 11) is -3.73. The van der Waals surface area contributed by atoms with E-state index in [0.717, 1.165) is 25.7 Å². The van der Waals surface area contributed by atoms with Crippen LogP contribution in [0.15, 0.2) is 23.1 Å². The van der Waals surface area contributed by atoms with Crippen LogP contribution in [0.5, 0.6) is 0 Å². The van der Waals surface area contributed by atoms with Crippen molar-refractivity contribution in [3.8, 4) is 0 Å². The predicted molar refractivity (Wildman–Crippen MR) is 71.5 cm³/mol. The molecule has 1 fully saturated rings. The topological polar surface area (TPSA) is 72.2 Å². The molecule has 0 spiro atoms. The molecule has 1 aromatic carbocycles. The number of sulfonamides is 1. The molecule has 1 aliphatic rings. The Morgan fingerprint density at radius 2 is 2.11 bits per heavy atom. The monoisotopic (exact) mass is 286 g/mol. The van der Waals surface area contributed by atoms with E-state index < -0.39 is 15.8 Å². The molecule has 3 N–H and O–H groups in total. The van der Waals surface area contributed by atoms with Gasteiger partial charge in [-0.2, -0.15) is 0 Å². The zero-order valence-electron chi connectivity index (χ0n) is 10.9. The van der Waals surface area contributed by atoms with Gasteiger partial charge in [0.25, 0.3) is 0 Å². The van der Waals surface area contributed by atoms with Gasteiger partial charge in [-0.3, -0.25) is 0 Å². The molecule has 0 unspecified atom stereocenters. The molecule has 106 valence electrons. The quantitative estimate of drug-likeness (QED) is 0.868. The number of hydrogen-bond acceptors (Lipinski definition) is 3. The van der Waals surface area contributed by atoms with Gasteiger partial charge in [-0.05, 0) is 37.8 Å². The van der Waals surface area contributed by atoms with Crippen LogP contribution in [0.25, 0.3) is 0 Å². The third-order valence-corrected chi connectivity index (χ3v) is 5.57. The van der Waals surface area contributed by atoms with Crippen molar-refractivity contribution in [1.29, 1.82) is 0 Å². The van der Waals surface area contributed by atoms with Gasteiger partial charge < -0.3 is 5.73 Å². The largest absolute Gasteiger partial charge is 0.326 e. The first kappa shape index (κ1) is 14.4. The SMILES string of the molecule is CCC1(NS(=O)(=O)c2cccc(F)c2CN)CCC1. The van der Waals surface area contributed by atoms with Crippen LogP contribution in [-0.4, -0.2) is 14.0 Å². The molecule has 0 amide bonds. The van der Waals surface area contributed by atoms with Crippen molar-refractivity contribution in [1.82, 2.24) is 4.72 Å². The maximum absolute atomic E-state index is 13.6. The number of nitrogens with one attached hydrogen (secondary N) is 1. The van der Waals surface area contributed by atoms with E-state index in [-0.39, 0.29) is 22.5 Å². The Morgan fingerprint density at radius 1 is 1.42 bits per heavy atom. The lowest BCUT2D eigenvalue weighted by Gasteiger charge is -2.41. The molecule has 4 nitrogen and oxygen atoms in total. The Hall–Kier alpha value is -0.980. The standard InChI is InChI=1S/C13H19FN2O2S/c1-2-13(7-4-8-13)16-19(17,18)12-6-3-5-11(14)10(12)9-15/h3,5-6,16H,2,4,7-9,15H2,1H3. The van der Waals surface area contributed by atoms with Crippen molar-refractivity contribution < 1.29 is 12.8 Å². The summed E-state index contributed by atoms with van der Waals surface area (Å²) in [4.78, 5) is -0.0466. The molecule has 0 saturated heterocycles. The van der Waals surface area contributed by atoms with Crippen molar-refractivity contribution in [2.45, 2.75) is 49.6 Å². The highest BCUT2D eigenvalue weighted by Crippen LogP contribution is 2.36. The van der Waals surface area contributed by atoms with Gasteiger partial charge in [-0.25, -0.2) is 17.5 Å². The van der Waals surface area contributed by atoms with Crippen LogP contribution in [0.3, 0.4) is 0 Å². The van der Waals surface area contributed by atoms with Gasteiger partial charge >= 0.3 is 0 Å². The Labute approximate surface area is 113 Å². The summed E-state index contributed by atoms with van der Waals surface area (Å²) in [6, 6.07) is 4.01. The summed E-state index contributed by atoms with van der Waals surface area (Å²) in [6.07, 6.45) is 3.41. The number of rotatable bonds is 5. The molecule has 0 aliphatic heterocycles. The van der Waals surface area contributed by atoms with Gasteiger partial charge in [-0.15, -0.1) is 0 Å². The molecule has 1 saturated carbocycles.